The highest BCUT2D eigenvalue weighted by molar-refractivity contribution is 7.10. The molecule has 86 valence electrons. The van der Waals surface area contributed by atoms with Gasteiger partial charge in [-0.15, -0.1) is 11.3 Å². The van der Waals surface area contributed by atoms with E-state index in [1.165, 1.54) is 24.1 Å². The van der Waals surface area contributed by atoms with Gasteiger partial charge in [-0.1, -0.05) is 0 Å². The van der Waals surface area contributed by atoms with Gasteiger partial charge in [-0.3, -0.25) is 0 Å². The molecule has 16 heavy (non-hydrogen) atoms. The molecule has 4 rings (SSSR count). The number of anilines is 1. The Hall–Kier alpha value is -0.540. The molecular weight excluding hydrogens is 216 g/mol. The molecule has 3 saturated carbocycles. The molecule has 2 bridgehead atoms. The van der Waals surface area contributed by atoms with Gasteiger partial charge in [0.25, 0.3) is 0 Å². The van der Waals surface area contributed by atoms with Gasteiger partial charge in [0.15, 0.2) is 0 Å². The monoisotopic (exact) mass is 234 g/mol. The first kappa shape index (κ1) is 9.49. The van der Waals surface area contributed by atoms with Crippen LogP contribution in [0.2, 0.25) is 0 Å². The van der Waals surface area contributed by atoms with E-state index >= 15 is 0 Å². The van der Waals surface area contributed by atoms with Crippen LogP contribution in [0, 0.1) is 23.7 Å². The number of thiophene rings is 1. The zero-order valence-electron chi connectivity index (χ0n) is 9.36. The number of hydrogen-bond acceptors (Lipinski definition) is 3. The lowest BCUT2D eigenvalue weighted by Crippen LogP contribution is -2.22. The molecule has 1 heterocycles. The quantitative estimate of drug-likeness (QED) is 0.843. The Labute approximate surface area is 100 Å². The average Bonchev–Trinajstić information content (AvgIpc) is 2.70. The van der Waals surface area contributed by atoms with Gasteiger partial charge in [0.05, 0.1) is 0 Å². The van der Waals surface area contributed by atoms with Gasteiger partial charge in [0.1, 0.15) is 0 Å². The highest BCUT2D eigenvalue weighted by atomic mass is 32.1. The highest BCUT2D eigenvalue weighted by Gasteiger charge is 2.64. The van der Waals surface area contributed by atoms with Crippen molar-refractivity contribution in [3.63, 3.8) is 0 Å². The molecule has 1 aromatic heterocycles. The fourth-order valence-electron chi connectivity index (χ4n) is 4.30. The molecule has 4 unspecified atom stereocenters. The maximum absolute atomic E-state index is 5.90. The minimum Gasteiger partial charge on any atom is -0.398 e. The van der Waals surface area contributed by atoms with Crippen LogP contribution in [0.3, 0.4) is 0 Å². The number of hydrogen-bond donors (Lipinski definition) is 2. The van der Waals surface area contributed by atoms with Crippen molar-refractivity contribution < 1.29 is 0 Å². The third-order valence-corrected chi connectivity index (χ3v) is 5.95. The van der Waals surface area contributed by atoms with E-state index in [4.69, 9.17) is 5.73 Å². The Morgan fingerprint density at radius 2 is 2.06 bits per heavy atom. The van der Waals surface area contributed by atoms with Gasteiger partial charge >= 0.3 is 0 Å². The van der Waals surface area contributed by atoms with Crippen molar-refractivity contribution in [2.75, 3.05) is 5.73 Å². The van der Waals surface area contributed by atoms with Gasteiger partial charge in [-0.25, -0.2) is 0 Å². The molecule has 0 radical (unpaired) electrons. The molecule has 3 aliphatic carbocycles. The van der Waals surface area contributed by atoms with E-state index in [1.54, 1.807) is 11.3 Å². The van der Waals surface area contributed by atoms with Gasteiger partial charge in [-0.2, -0.15) is 0 Å². The number of fused-ring (bicyclic) bond motifs is 5. The second kappa shape index (κ2) is 3.23. The first-order valence-electron chi connectivity index (χ1n) is 6.40. The molecule has 3 aliphatic rings. The van der Waals surface area contributed by atoms with E-state index in [1.807, 2.05) is 6.07 Å². The molecule has 0 aliphatic heterocycles. The largest absolute Gasteiger partial charge is 0.398 e. The van der Waals surface area contributed by atoms with E-state index in [2.05, 4.69) is 10.7 Å². The van der Waals surface area contributed by atoms with Crippen LogP contribution < -0.4 is 11.1 Å². The Balaban J connectivity index is 1.39. The van der Waals surface area contributed by atoms with Gasteiger partial charge in [0.2, 0.25) is 0 Å². The molecular formula is C13H18N2S. The molecule has 3 heteroatoms. The minimum absolute atomic E-state index is 0.827. The van der Waals surface area contributed by atoms with Crippen molar-refractivity contribution in [2.24, 2.45) is 23.7 Å². The summed E-state index contributed by atoms with van der Waals surface area (Å²) in [5, 5.41) is 5.82. The maximum atomic E-state index is 5.90. The molecule has 2 nitrogen and oxygen atoms in total. The van der Waals surface area contributed by atoms with Crippen molar-refractivity contribution in [3.8, 4) is 0 Å². The van der Waals surface area contributed by atoms with Crippen LogP contribution >= 0.6 is 11.3 Å². The van der Waals surface area contributed by atoms with Crippen LogP contribution in [0.1, 0.15) is 24.1 Å². The summed E-state index contributed by atoms with van der Waals surface area (Å²) >= 11 is 1.78. The molecule has 0 aromatic carbocycles. The molecule has 0 spiro atoms. The predicted molar refractivity (Wildman–Crippen MR) is 67.2 cm³/mol. The predicted octanol–water partition coefficient (Wildman–Crippen LogP) is 2.46. The van der Waals surface area contributed by atoms with Crippen LogP contribution in [-0.4, -0.2) is 6.04 Å². The number of nitrogen functional groups attached to an aromatic ring is 1. The molecule has 1 aromatic rings. The summed E-state index contributed by atoms with van der Waals surface area (Å²) in [5.41, 5.74) is 6.86. The van der Waals surface area contributed by atoms with Gasteiger partial charge in [0, 0.05) is 23.2 Å². The Morgan fingerprint density at radius 1 is 1.31 bits per heavy atom. The first-order valence-corrected chi connectivity index (χ1v) is 7.28. The average molecular weight is 234 g/mol. The topological polar surface area (TPSA) is 38.0 Å². The summed E-state index contributed by atoms with van der Waals surface area (Å²) in [5.74, 6) is 4.18. The van der Waals surface area contributed by atoms with Crippen LogP contribution in [0.15, 0.2) is 11.4 Å². The summed E-state index contributed by atoms with van der Waals surface area (Å²) in [6.07, 6.45) is 4.55. The van der Waals surface area contributed by atoms with E-state index < -0.39 is 0 Å². The highest BCUT2D eigenvalue weighted by Crippen LogP contribution is 2.65. The normalized spacial score (nSPS) is 43.6. The van der Waals surface area contributed by atoms with Crippen LogP contribution in [0.4, 0.5) is 5.69 Å². The smallest absolute Gasteiger partial charge is 0.0468 e. The minimum atomic E-state index is 0.827. The summed E-state index contributed by atoms with van der Waals surface area (Å²) in [4.78, 5) is 1.32. The standard InChI is InChI=1S/C13H18N2S/c14-9-3-4-16-10(9)6-15-13-11-7-1-2-8(5-7)12(11)13/h3-4,7-8,11-13,15H,1-2,5-6,14H2. The SMILES string of the molecule is Nc1ccsc1CNC1C2C3CCC(C3)C12. The van der Waals surface area contributed by atoms with Crippen LogP contribution in [0.25, 0.3) is 0 Å². The summed E-state index contributed by atoms with van der Waals surface area (Å²) in [6.45, 7) is 0.987. The van der Waals surface area contributed by atoms with E-state index in [9.17, 15) is 0 Å². The van der Waals surface area contributed by atoms with E-state index in [0.717, 1.165) is 41.9 Å². The maximum Gasteiger partial charge on any atom is 0.0468 e. The fourth-order valence-corrected chi connectivity index (χ4v) is 5.05. The van der Waals surface area contributed by atoms with E-state index in [-0.39, 0.29) is 0 Å². The molecule has 0 saturated heterocycles. The number of nitrogens with one attached hydrogen (secondary N) is 1. The van der Waals surface area contributed by atoms with Gasteiger partial charge < -0.3 is 11.1 Å². The molecule has 3 N–H and O–H groups in total. The van der Waals surface area contributed by atoms with Crippen molar-refractivity contribution >= 4 is 17.0 Å². The van der Waals surface area contributed by atoms with Crippen molar-refractivity contribution in [1.82, 2.24) is 5.32 Å². The molecule has 0 amide bonds. The lowest BCUT2D eigenvalue weighted by Gasteiger charge is -2.09. The number of rotatable bonds is 3. The lowest BCUT2D eigenvalue weighted by molar-refractivity contribution is 0.456. The summed E-state index contributed by atoms with van der Waals surface area (Å²) in [7, 11) is 0. The first-order chi connectivity index (χ1) is 7.84. The second-order valence-corrected chi connectivity index (χ2v) is 6.69. The van der Waals surface area contributed by atoms with E-state index in [0.29, 0.717) is 0 Å². The van der Waals surface area contributed by atoms with Gasteiger partial charge in [-0.05, 0) is 54.4 Å². The molecule has 3 fully saturated rings. The Bertz CT molecular complexity index is 398. The number of nitrogens with two attached hydrogens (primary N) is 1. The third kappa shape index (κ3) is 1.22. The lowest BCUT2D eigenvalue weighted by atomic mass is 10.0. The summed E-state index contributed by atoms with van der Waals surface area (Å²) < 4.78 is 0. The Kier molecular flexibility index (Phi) is 1.92. The Morgan fingerprint density at radius 3 is 2.69 bits per heavy atom. The third-order valence-electron chi connectivity index (χ3n) is 5.01. The van der Waals surface area contributed by atoms with Crippen LogP contribution in [-0.2, 0) is 6.54 Å². The fraction of sp³-hybridized carbons (Fsp3) is 0.692. The van der Waals surface area contributed by atoms with Crippen LogP contribution in [0.5, 0.6) is 0 Å². The second-order valence-electron chi connectivity index (χ2n) is 5.69. The van der Waals surface area contributed by atoms with Crippen molar-refractivity contribution in [1.29, 1.82) is 0 Å². The van der Waals surface area contributed by atoms with Crippen molar-refractivity contribution in [3.05, 3.63) is 16.3 Å². The summed E-state index contributed by atoms with van der Waals surface area (Å²) in [6, 6.07) is 2.84. The molecule has 4 atom stereocenters. The van der Waals surface area contributed by atoms with Crippen molar-refractivity contribution in [2.45, 2.75) is 31.8 Å². The zero-order chi connectivity index (χ0) is 10.7. The zero-order valence-corrected chi connectivity index (χ0v) is 10.2.